The van der Waals surface area contributed by atoms with Crippen LogP contribution < -0.4 is 5.32 Å². The first kappa shape index (κ1) is 28.1. The molecule has 2 aromatic rings. The molecule has 1 unspecified atom stereocenters. The van der Waals surface area contributed by atoms with Gasteiger partial charge in [-0.15, -0.1) is 0 Å². The summed E-state index contributed by atoms with van der Waals surface area (Å²) in [6, 6.07) is 10.7. The van der Waals surface area contributed by atoms with Crippen molar-refractivity contribution in [3.63, 3.8) is 0 Å². The van der Waals surface area contributed by atoms with Gasteiger partial charge in [0.15, 0.2) is 5.76 Å². The van der Waals surface area contributed by atoms with Crippen molar-refractivity contribution >= 4 is 18.9 Å². The first-order valence-corrected chi connectivity index (χ1v) is 12.0. The molecule has 1 aromatic carbocycles. The number of carboxylic acid groups (broad SMARTS) is 2. The van der Waals surface area contributed by atoms with E-state index in [9.17, 15) is 4.79 Å². The van der Waals surface area contributed by atoms with E-state index in [-0.39, 0.29) is 24.9 Å². The van der Waals surface area contributed by atoms with E-state index >= 15 is 0 Å². The average molecular weight is 488 g/mol. The zero-order chi connectivity index (χ0) is 25.6. The third kappa shape index (κ3) is 8.84. The maximum atomic E-state index is 12.8. The lowest BCUT2D eigenvalue weighted by atomic mass is 10.00. The molecule has 0 bridgehead atoms. The summed E-state index contributed by atoms with van der Waals surface area (Å²) in [4.78, 5) is 34.4. The van der Waals surface area contributed by atoms with Crippen molar-refractivity contribution in [3.8, 4) is 0 Å². The lowest BCUT2D eigenvalue weighted by molar-refractivity contribution is -0.123. The van der Waals surface area contributed by atoms with Gasteiger partial charge in [-0.1, -0.05) is 31.2 Å². The Bertz CT molecular complexity index is 933. The minimum absolute atomic E-state index is 0.0740. The quantitative estimate of drug-likeness (QED) is 0.509. The first-order chi connectivity index (χ1) is 16.9. The highest BCUT2D eigenvalue weighted by Crippen LogP contribution is 2.21. The average Bonchev–Trinajstić information content (AvgIpc) is 3.50. The summed E-state index contributed by atoms with van der Waals surface area (Å²) in [5.74, 6) is 1.30. The minimum Gasteiger partial charge on any atom is -0.483 e. The Hall–Kier alpha value is -3.17. The third-order valence-corrected chi connectivity index (χ3v) is 6.15. The number of carbonyl (C=O) groups is 3. The third-order valence-electron chi connectivity index (χ3n) is 6.15. The van der Waals surface area contributed by atoms with Crippen LogP contribution in [0.1, 0.15) is 59.7 Å². The van der Waals surface area contributed by atoms with E-state index in [2.05, 4.69) is 53.2 Å². The Balaban J connectivity index is 0.000000655. The zero-order valence-corrected chi connectivity index (χ0v) is 20.6. The number of nitrogens with zero attached hydrogens (tertiary/aromatic N) is 2. The van der Waals surface area contributed by atoms with Crippen molar-refractivity contribution in [3.05, 3.63) is 58.5 Å². The second kappa shape index (κ2) is 15.0. The lowest BCUT2D eigenvalue weighted by Gasteiger charge is -2.30. The van der Waals surface area contributed by atoms with E-state index in [4.69, 9.17) is 24.2 Å². The van der Waals surface area contributed by atoms with Crippen LogP contribution in [0.3, 0.4) is 0 Å². The minimum atomic E-state index is -0.250. The molecule has 9 heteroatoms. The lowest BCUT2D eigenvalue weighted by Crippen LogP contribution is -2.43. The van der Waals surface area contributed by atoms with Gasteiger partial charge in [0, 0.05) is 44.2 Å². The van der Waals surface area contributed by atoms with Crippen LogP contribution in [0.4, 0.5) is 0 Å². The van der Waals surface area contributed by atoms with Gasteiger partial charge in [0.1, 0.15) is 5.76 Å². The van der Waals surface area contributed by atoms with Gasteiger partial charge in [0.05, 0.1) is 0 Å². The fourth-order valence-corrected chi connectivity index (χ4v) is 4.63. The molecule has 9 nitrogen and oxygen atoms in total. The maximum Gasteiger partial charge on any atom is 0.290 e. The topological polar surface area (TPSA) is 123 Å². The molecule has 3 N–H and O–H groups in total. The summed E-state index contributed by atoms with van der Waals surface area (Å²) in [5.41, 5.74) is 4.02. The van der Waals surface area contributed by atoms with E-state index in [1.165, 1.54) is 29.5 Å². The Morgan fingerprint density at radius 2 is 1.71 bits per heavy atom. The highest BCUT2D eigenvalue weighted by Gasteiger charge is 2.22. The van der Waals surface area contributed by atoms with E-state index < -0.39 is 0 Å². The van der Waals surface area contributed by atoms with Crippen molar-refractivity contribution in [2.45, 2.75) is 58.7 Å². The largest absolute Gasteiger partial charge is 0.483 e. The predicted molar refractivity (Wildman–Crippen MR) is 132 cm³/mol. The highest BCUT2D eigenvalue weighted by molar-refractivity contribution is 5.92. The summed E-state index contributed by atoms with van der Waals surface area (Å²) in [6.45, 7) is 9.69. The zero-order valence-electron chi connectivity index (χ0n) is 20.6. The van der Waals surface area contributed by atoms with Crippen molar-refractivity contribution in [2.75, 3.05) is 26.2 Å². The highest BCUT2D eigenvalue weighted by atomic mass is 16.4. The number of fused-ring (bicyclic) bond motifs is 1. The molecule has 3 heterocycles. The van der Waals surface area contributed by atoms with Gasteiger partial charge in [-0.3, -0.25) is 24.2 Å². The van der Waals surface area contributed by atoms with Crippen LogP contribution in [-0.2, 0) is 35.5 Å². The summed E-state index contributed by atoms with van der Waals surface area (Å²) in [6.07, 6.45) is 4.43. The monoisotopic (exact) mass is 487 g/mol. The molecule has 0 saturated carbocycles. The molecule has 1 saturated heterocycles. The number of amides is 1. The molecule has 1 aromatic heterocycles. The second-order valence-corrected chi connectivity index (χ2v) is 8.74. The summed E-state index contributed by atoms with van der Waals surface area (Å²) >= 11 is 0. The fourth-order valence-electron chi connectivity index (χ4n) is 4.63. The number of hydrogen-bond acceptors (Lipinski definition) is 6. The van der Waals surface area contributed by atoms with E-state index in [1.54, 1.807) is 0 Å². The molecule has 192 valence electrons. The number of nitrogens with one attached hydrogen (secondary N) is 1. The van der Waals surface area contributed by atoms with Crippen LogP contribution in [-0.4, -0.2) is 71.1 Å². The molecule has 2 aliphatic heterocycles. The molecule has 35 heavy (non-hydrogen) atoms. The van der Waals surface area contributed by atoms with Crippen LogP contribution in [0.2, 0.25) is 0 Å². The predicted octanol–water partition coefficient (Wildman–Crippen LogP) is 3.02. The molecule has 2 aliphatic rings. The molecule has 1 amide bonds. The number of hydrogen-bond donors (Lipinski definition) is 3. The second-order valence-electron chi connectivity index (χ2n) is 8.74. The molecule has 0 aliphatic carbocycles. The SMILES string of the molecule is CCc1oc(C(=O)NC(C)CN2CCc3ccccc3C2)cc1CN1CCCC1.O=CO.O=CO. The molecule has 4 rings (SSSR count). The number of benzene rings is 1. The van der Waals surface area contributed by atoms with Gasteiger partial charge in [-0.2, -0.15) is 0 Å². The summed E-state index contributed by atoms with van der Waals surface area (Å²) in [5, 5.41) is 16.9. The maximum absolute atomic E-state index is 12.8. The molecular weight excluding hydrogens is 450 g/mol. The summed E-state index contributed by atoms with van der Waals surface area (Å²) < 4.78 is 5.92. The van der Waals surface area contributed by atoms with Gasteiger partial charge in [0.2, 0.25) is 0 Å². The van der Waals surface area contributed by atoms with Crippen LogP contribution in [0.25, 0.3) is 0 Å². The van der Waals surface area contributed by atoms with Crippen LogP contribution in [0, 0.1) is 0 Å². The van der Waals surface area contributed by atoms with Gasteiger partial charge in [0.25, 0.3) is 18.9 Å². The van der Waals surface area contributed by atoms with Gasteiger partial charge in [-0.25, -0.2) is 0 Å². The Morgan fingerprint density at radius 3 is 2.34 bits per heavy atom. The van der Waals surface area contributed by atoms with Gasteiger partial charge < -0.3 is 19.9 Å². The number of aryl methyl sites for hydroxylation is 1. The number of likely N-dealkylation sites (tertiary alicyclic amines) is 1. The molecule has 0 spiro atoms. The van der Waals surface area contributed by atoms with Gasteiger partial charge in [-0.05, 0) is 56.5 Å². The molecule has 1 atom stereocenters. The first-order valence-electron chi connectivity index (χ1n) is 12.0. The number of rotatable bonds is 7. The van der Waals surface area contributed by atoms with Crippen LogP contribution >= 0.6 is 0 Å². The smallest absolute Gasteiger partial charge is 0.290 e. The van der Waals surface area contributed by atoms with Crippen LogP contribution in [0.15, 0.2) is 34.7 Å². The fraction of sp³-hybridized carbons (Fsp3) is 0.500. The Morgan fingerprint density at radius 1 is 1.09 bits per heavy atom. The Kier molecular flexibility index (Phi) is 12.0. The van der Waals surface area contributed by atoms with E-state index in [1.807, 2.05) is 6.07 Å². The summed E-state index contributed by atoms with van der Waals surface area (Å²) in [7, 11) is 0. The van der Waals surface area contributed by atoms with E-state index in [0.717, 1.165) is 57.9 Å². The van der Waals surface area contributed by atoms with Crippen molar-refractivity contribution in [1.29, 1.82) is 0 Å². The van der Waals surface area contributed by atoms with Gasteiger partial charge >= 0.3 is 0 Å². The molecule has 0 radical (unpaired) electrons. The number of furan rings is 1. The van der Waals surface area contributed by atoms with Crippen LogP contribution in [0.5, 0.6) is 0 Å². The van der Waals surface area contributed by atoms with E-state index in [0.29, 0.717) is 5.76 Å². The van der Waals surface area contributed by atoms with Crippen molar-refractivity contribution in [2.24, 2.45) is 0 Å². The molecule has 1 fully saturated rings. The standard InChI is InChI=1S/C24H33N3O2.2CH2O2/c1-3-22-21(17-26-11-6-7-12-26)14-23(29-22)24(28)25-18(2)15-27-13-10-19-8-4-5-9-20(19)16-27;2*2-1-3/h4-5,8-9,14,18H,3,6-7,10-13,15-17H2,1-2H3,(H,25,28);2*1H,(H,2,3). The van der Waals surface area contributed by atoms with Crippen molar-refractivity contribution in [1.82, 2.24) is 15.1 Å². The normalized spacial score (nSPS) is 16.1. The van der Waals surface area contributed by atoms with Crippen molar-refractivity contribution < 1.29 is 29.0 Å². The Labute approximate surface area is 206 Å². The number of carbonyl (C=O) groups excluding carboxylic acids is 1. The molecular formula is C26H37N3O6.